The zero-order valence-corrected chi connectivity index (χ0v) is 14.5. The van der Waals surface area contributed by atoms with Crippen LogP contribution in [0.1, 0.15) is 12.0 Å². The normalized spacial score (nSPS) is 10.3. The molecule has 0 saturated carbocycles. The lowest BCUT2D eigenvalue weighted by molar-refractivity contribution is -0.115. The first-order chi connectivity index (χ1) is 11.0. The van der Waals surface area contributed by atoms with E-state index in [-0.39, 0.29) is 5.91 Å². The van der Waals surface area contributed by atoms with Gasteiger partial charge in [-0.25, -0.2) is 0 Å². The first-order valence-electron chi connectivity index (χ1n) is 7.13. The number of benzene rings is 2. The van der Waals surface area contributed by atoms with Gasteiger partial charge in [0.1, 0.15) is 5.75 Å². The Labute approximate surface area is 145 Å². The zero-order chi connectivity index (χ0) is 16.8. The molecule has 0 aliphatic carbocycles. The number of amides is 1. The second-order valence-electron chi connectivity index (χ2n) is 5.05. The van der Waals surface area contributed by atoms with Crippen LogP contribution in [-0.4, -0.2) is 19.6 Å². The third kappa shape index (κ3) is 5.05. The van der Waals surface area contributed by atoms with Crippen LogP contribution in [0.15, 0.2) is 36.4 Å². The molecule has 0 atom stereocenters. The fourth-order valence-corrected chi connectivity index (χ4v) is 2.43. The van der Waals surface area contributed by atoms with Crippen molar-refractivity contribution < 1.29 is 9.53 Å². The molecule has 0 bridgehead atoms. The molecule has 0 fully saturated rings. The predicted octanol–water partition coefficient (Wildman–Crippen LogP) is 4.75. The van der Waals surface area contributed by atoms with Crippen LogP contribution in [0.4, 0.5) is 11.4 Å². The predicted molar refractivity (Wildman–Crippen MR) is 95.9 cm³/mol. The van der Waals surface area contributed by atoms with Gasteiger partial charge >= 0.3 is 0 Å². The zero-order valence-electron chi connectivity index (χ0n) is 13.0. The first-order valence-corrected chi connectivity index (χ1v) is 7.88. The number of halogens is 2. The highest BCUT2D eigenvalue weighted by atomic mass is 35.5. The summed E-state index contributed by atoms with van der Waals surface area (Å²) >= 11 is 12.0. The third-order valence-electron chi connectivity index (χ3n) is 3.22. The Bertz CT molecular complexity index is 705. The first kappa shape index (κ1) is 17.4. The Balaban J connectivity index is 1.91. The van der Waals surface area contributed by atoms with Gasteiger partial charge in [0.05, 0.1) is 23.5 Å². The van der Waals surface area contributed by atoms with Crippen LogP contribution in [-0.2, 0) is 4.79 Å². The summed E-state index contributed by atoms with van der Waals surface area (Å²) < 4.78 is 5.24. The van der Waals surface area contributed by atoms with Crippen LogP contribution in [0.3, 0.4) is 0 Å². The number of methoxy groups -OCH3 is 1. The maximum Gasteiger partial charge on any atom is 0.226 e. The van der Waals surface area contributed by atoms with Crippen molar-refractivity contribution in [3.63, 3.8) is 0 Å². The van der Waals surface area contributed by atoms with Crippen molar-refractivity contribution in [2.24, 2.45) is 0 Å². The topological polar surface area (TPSA) is 50.4 Å². The molecule has 0 spiro atoms. The minimum Gasteiger partial charge on any atom is -0.495 e. The fourth-order valence-electron chi connectivity index (χ4n) is 2.08. The number of carbonyl (C=O) groups is 1. The quantitative estimate of drug-likeness (QED) is 0.788. The van der Waals surface area contributed by atoms with Gasteiger partial charge in [0, 0.05) is 18.0 Å². The molecule has 4 nitrogen and oxygen atoms in total. The smallest absolute Gasteiger partial charge is 0.226 e. The number of rotatable bonds is 6. The molecule has 2 aromatic rings. The van der Waals surface area contributed by atoms with Gasteiger partial charge in [-0.2, -0.15) is 0 Å². The Hall–Kier alpha value is -1.91. The minimum atomic E-state index is -0.112. The van der Waals surface area contributed by atoms with Crippen molar-refractivity contribution >= 4 is 40.5 Å². The van der Waals surface area contributed by atoms with Crippen LogP contribution in [0.5, 0.6) is 5.75 Å². The SMILES string of the molecule is COc1ccc(C)cc1NC(=O)CCNc1cc(Cl)ccc1Cl. The Morgan fingerprint density at radius 1 is 1.13 bits per heavy atom. The van der Waals surface area contributed by atoms with Gasteiger partial charge in [-0.3, -0.25) is 4.79 Å². The van der Waals surface area contributed by atoms with E-state index in [4.69, 9.17) is 27.9 Å². The molecule has 0 radical (unpaired) electrons. The summed E-state index contributed by atoms with van der Waals surface area (Å²) in [7, 11) is 1.57. The number of hydrogen-bond donors (Lipinski definition) is 2. The van der Waals surface area contributed by atoms with Crippen molar-refractivity contribution in [2.45, 2.75) is 13.3 Å². The van der Waals surface area contributed by atoms with Crippen LogP contribution >= 0.6 is 23.2 Å². The summed E-state index contributed by atoms with van der Waals surface area (Å²) in [6.45, 7) is 2.40. The molecule has 0 saturated heterocycles. The van der Waals surface area contributed by atoms with E-state index in [0.717, 1.165) is 5.56 Å². The molecule has 2 rings (SSSR count). The summed E-state index contributed by atoms with van der Waals surface area (Å²) in [5.41, 5.74) is 2.42. The van der Waals surface area contributed by atoms with Crippen molar-refractivity contribution in [3.05, 3.63) is 52.0 Å². The van der Waals surface area contributed by atoms with E-state index >= 15 is 0 Å². The van der Waals surface area contributed by atoms with E-state index in [1.807, 2.05) is 25.1 Å². The van der Waals surface area contributed by atoms with Crippen molar-refractivity contribution in [3.8, 4) is 5.75 Å². The van der Waals surface area contributed by atoms with Gasteiger partial charge < -0.3 is 15.4 Å². The number of aryl methyl sites for hydroxylation is 1. The number of ether oxygens (including phenoxy) is 1. The Morgan fingerprint density at radius 3 is 2.65 bits per heavy atom. The van der Waals surface area contributed by atoms with Crippen LogP contribution < -0.4 is 15.4 Å². The number of anilines is 2. The number of hydrogen-bond acceptors (Lipinski definition) is 3. The molecule has 1 amide bonds. The van der Waals surface area contributed by atoms with Crippen LogP contribution in [0, 0.1) is 6.92 Å². The third-order valence-corrected chi connectivity index (χ3v) is 3.79. The molecule has 6 heteroatoms. The van der Waals surface area contributed by atoms with E-state index in [1.54, 1.807) is 25.3 Å². The molecule has 0 aliphatic rings. The van der Waals surface area contributed by atoms with Gasteiger partial charge in [-0.15, -0.1) is 0 Å². The highest BCUT2D eigenvalue weighted by Crippen LogP contribution is 2.26. The molecule has 0 aliphatic heterocycles. The van der Waals surface area contributed by atoms with E-state index in [2.05, 4.69) is 10.6 Å². The average molecular weight is 353 g/mol. The van der Waals surface area contributed by atoms with Crippen molar-refractivity contribution in [1.82, 2.24) is 0 Å². The van der Waals surface area contributed by atoms with Crippen LogP contribution in [0.2, 0.25) is 10.0 Å². The summed E-state index contributed by atoms with van der Waals surface area (Å²) in [4.78, 5) is 12.1. The minimum absolute atomic E-state index is 0.112. The average Bonchev–Trinajstić information content (AvgIpc) is 2.51. The van der Waals surface area contributed by atoms with E-state index in [9.17, 15) is 4.79 Å². The van der Waals surface area contributed by atoms with Crippen molar-refractivity contribution in [2.75, 3.05) is 24.3 Å². The van der Waals surface area contributed by atoms with Gasteiger partial charge in [0.15, 0.2) is 0 Å². The molecule has 0 heterocycles. The van der Waals surface area contributed by atoms with E-state index < -0.39 is 0 Å². The van der Waals surface area contributed by atoms with Gasteiger partial charge in [-0.05, 0) is 42.8 Å². The molecule has 122 valence electrons. The van der Waals surface area contributed by atoms with Gasteiger partial charge in [-0.1, -0.05) is 29.3 Å². The van der Waals surface area contributed by atoms with E-state index in [1.165, 1.54) is 0 Å². The highest BCUT2D eigenvalue weighted by molar-refractivity contribution is 6.35. The standard InChI is InChI=1S/C17H18Cl2N2O2/c1-11-3-6-16(23-2)15(9-11)21-17(22)7-8-20-14-10-12(18)4-5-13(14)19/h3-6,9-10,20H,7-8H2,1-2H3,(H,21,22). The van der Waals surface area contributed by atoms with Crippen LogP contribution in [0.25, 0.3) is 0 Å². The van der Waals surface area contributed by atoms with Gasteiger partial charge in [0.25, 0.3) is 0 Å². The lowest BCUT2D eigenvalue weighted by Gasteiger charge is -2.12. The molecule has 23 heavy (non-hydrogen) atoms. The summed E-state index contributed by atoms with van der Waals surface area (Å²) in [5, 5.41) is 7.11. The highest BCUT2D eigenvalue weighted by Gasteiger charge is 2.08. The lowest BCUT2D eigenvalue weighted by Crippen LogP contribution is -2.17. The molecule has 2 aromatic carbocycles. The summed E-state index contributed by atoms with van der Waals surface area (Å²) in [5.74, 6) is 0.523. The number of carbonyl (C=O) groups excluding carboxylic acids is 1. The maximum absolute atomic E-state index is 12.1. The maximum atomic E-state index is 12.1. The molecular formula is C17H18Cl2N2O2. The monoisotopic (exact) mass is 352 g/mol. The van der Waals surface area contributed by atoms with Crippen molar-refractivity contribution in [1.29, 1.82) is 0 Å². The molecule has 0 unspecified atom stereocenters. The molecule has 0 aromatic heterocycles. The number of nitrogens with one attached hydrogen (secondary N) is 2. The fraction of sp³-hybridized carbons (Fsp3) is 0.235. The summed E-state index contributed by atoms with van der Waals surface area (Å²) in [6, 6.07) is 10.8. The molecule has 2 N–H and O–H groups in total. The Morgan fingerprint density at radius 2 is 1.91 bits per heavy atom. The second-order valence-corrected chi connectivity index (χ2v) is 5.90. The largest absolute Gasteiger partial charge is 0.495 e. The second kappa shape index (κ2) is 8.09. The lowest BCUT2D eigenvalue weighted by atomic mass is 10.2. The Kier molecular flexibility index (Phi) is 6.13. The van der Waals surface area contributed by atoms with E-state index in [0.29, 0.717) is 40.1 Å². The molecular weight excluding hydrogens is 335 g/mol. The van der Waals surface area contributed by atoms with Gasteiger partial charge in [0.2, 0.25) is 5.91 Å². The summed E-state index contributed by atoms with van der Waals surface area (Å²) in [6.07, 6.45) is 0.292.